The second-order valence-corrected chi connectivity index (χ2v) is 9.34. The zero-order valence-corrected chi connectivity index (χ0v) is 18.6. The first-order valence-electron chi connectivity index (χ1n) is 10.5. The van der Waals surface area contributed by atoms with E-state index in [1.54, 1.807) is 12.4 Å². The van der Waals surface area contributed by atoms with Crippen molar-refractivity contribution in [3.8, 4) is 0 Å². The highest BCUT2D eigenvalue weighted by atomic mass is 35.5. The first-order chi connectivity index (χ1) is 15.7. The summed E-state index contributed by atoms with van der Waals surface area (Å²) in [5, 5.41) is 0.659. The zero-order chi connectivity index (χ0) is 21.7. The Hall–Kier alpha value is -3.28. The molecule has 0 saturated carbocycles. The van der Waals surface area contributed by atoms with Gasteiger partial charge in [0.2, 0.25) is 0 Å². The summed E-state index contributed by atoms with van der Waals surface area (Å²) in [5.41, 5.74) is 6.35. The van der Waals surface area contributed by atoms with Gasteiger partial charge in [-0.3, -0.25) is 14.3 Å². The number of benzene rings is 2. The van der Waals surface area contributed by atoms with Crippen molar-refractivity contribution < 1.29 is 0 Å². The fraction of sp³-hybridized carbons (Fsp3) is 0.115. The number of aromatic nitrogens is 2. The Kier molecular flexibility index (Phi) is 4.67. The molecular formula is C26H18ClN3OS. The van der Waals surface area contributed by atoms with Gasteiger partial charge in [-0.25, -0.2) is 4.99 Å². The Balaban J connectivity index is 1.66. The molecule has 0 unspecified atom stereocenters. The first kappa shape index (κ1) is 19.4. The van der Waals surface area contributed by atoms with Gasteiger partial charge in [0, 0.05) is 23.0 Å². The van der Waals surface area contributed by atoms with Gasteiger partial charge in [0.1, 0.15) is 0 Å². The summed E-state index contributed by atoms with van der Waals surface area (Å²) in [6, 6.07) is 19.8. The highest BCUT2D eigenvalue weighted by Crippen LogP contribution is 2.42. The van der Waals surface area contributed by atoms with E-state index in [0.29, 0.717) is 14.4 Å². The third kappa shape index (κ3) is 3.08. The molecule has 6 rings (SSSR count). The Labute approximate surface area is 193 Å². The van der Waals surface area contributed by atoms with Crippen molar-refractivity contribution in [2.45, 2.75) is 18.9 Å². The topological polar surface area (TPSA) is 47.2 Å². The van der Waals surface area contributed by atoms with E-state index in [-0.39, 0.29) is 11.6 Å². The second-order valence-electron chi connectivity index (χ2n) is 7.92. The summed E-state index contributed by atoms with van der Waals surface area (Å²) in [6.07, 6.45) is 7.13. The van der Waals surface area contributed by atoms with E-state index in [4.69, 9.17) is 16.6 Å². The first-order valence-corrected chi connectivity index (χ1v) is 11.7. The maximum Gasteiger partial charge on any atom is 0.271 e. The molecule has 156 valence electrons. The average molecular weight is 456 g/mol. The number of rotatable bonds is 2. The quantitative estimate of drug-likeness (QED) is 0.450. The van der Waals surface area contributed by atoms with Crippen LogP contribution in [0.1, 0.15) is 34.7 Å². The van der Waals surface area contributed by atoms with Crippen LogP contribution in [0.2, 0.25) is 5.02 Å². The van der Waals surface area contributed by atoms with E-state index in [1.807, 2.05) is 53.1 Å². The number of halogens is 1. The summed E-state index contributed by atoms with van der Waals surface area (Å²) in [6.45, 7) is 0. The lowest BCUT2D eigenvalue weighted by atomic mass is 9.83. The lowest BCUT2D eigenvalue weighted by molar-refractivity contribution is 0.585. The zero-order valence-electron chi connectivity index (χ0n) is 17.0. The van der Waals surface area contributed by atoms with Crippen LogP contribution < -0.4 is 14.9 Å². The van der Waals surface area contributed by atoms with Crippen LogP contribution >= 0.6 is 22.9 Å². The molecule has 1 atom stereocenters. The van der Waals surface area contributed by atoms with Crippen molar-refractivity contribution in [2.75, 3.05) is 0 Å². The number of thiazole rings is 1. The Morgan fingerprint density at radius 2 is 1.88 bits per heavy atom. The number of allylic oxidation sites excluding steroid dienone is 1. The summed E-state index contributed by atoms with van der Waals surface area (Å²) in [4.78, 5) is 23.5. The van der Waals surface area contributed by atoms with Gasteiger partial charge in [0.15, 0.2) is 4.80 Å². The Bertz CT molecular complexity index is 1570. The predicted molar refractivity (Wildman–Crippen MR) is 128 cm³/mol. The molecule has 0 bridgehead atoms. The number of pyridine rings is 1. The molecule has 4 aromatic rings. The largest absolute Gasteiger partial charge is 0.272 e. The molecule has 2 aliphatic rings. The van der Waals surface area contributed by atoms with Gasteiger partial charge in [-0.05, 0) is 53.3 Å². The van der Waals surface area contributed by atoms with Crippen LogP contribution in [0.15, 0.2) is 88.4 Å². The maximum atomic E-state index is 13.6. The average Bonchev–Trinajstić information content (AvgIpc) is 3.13. The summed E-state index contributed by atoms with van der Waals surface area (Å²) in [5.74, 6) is 0. The molecule has 3 heterocycles. The molecule has 1 aliphatic heterocycles. The number of nitrogens with zero attached hydrogens (tertiary/aromatic N) is 3. The van der Waals surface area contributed by atoms with Gasteiger partial charge < -0.3 is 0 Å². The predicted octanol–water partition coefficient (Wildman–Crippen LogP) is 4.37. The minimum Gasteiger partial charge on any atom is -0.272 e. The van der Waals surface area contributed by atoms with Crippen molar-refractivity contribution in [2.24, 2.45) is 4.99 Å². The van der Waals surface area contributed by atoms with Crippen molar-refractivity contribution in [3.05, 3.63) is 126 Å². The normalized spacial score (nSPS) is 17.4. The lowest BCUT2D eigenvalue weighted by Crippen LogP contribution is -2.38. The third-order valence-electron chi connectivity index (χ3n) is 6.05. The minimum atomic E-state index is -0.264. The third-order valence-corrected chi connectivity index (χ3v) is 7.38. The number of hydrogen-bond acceptors (Lipinski definition) is 4. The van der Waals surface area contributed by atoms with Gasteiger partial charge in [-0.2, -0.15) is 0 Å². The van der Waals surface area contributed by atoms with Crippen molar-refractivity contribution in [1.82, 2.24) is 9.55 Å². The van der Waals surface area contributed by atoms with Crippen molar-refractivity contribution >= 4 is 34.7 Å². The van der Waals surface area contributed by atoms with Crippen molar-refractivity contribution in [1.29, 1.82) is 0 Å². The molecular weight excluding hydrogens is 438 g/mol. The van der Waals surface area contributed by atoms with Crippen LogP contribution in [0.3, 0.4) is 0 Å². The summed E-state index contributed by atoms with van der Waals surface area (Å²) in [7, 11) is 0. The molecule has 0 spiro atoms. The second kappa shape index (κ2) is 7.69. The highest BCUT2D eigenvalue weighted by molar-refractivity contribution is 7.07. The Morgan fingerprint density at radius 1 is 1.03 bits per heavy atom. The molecule has 32 heavy (non-hydrogen) atoms. The molecule has 0 fully saturated rings. The summed E-state index contributed by atoms with van der Waals surface area (Å²) >= 11 is 8.08. The van der Waals surface area contributed by atoms with E-state index >= 15 is 0 Å². The van der Waals surface area contributed by atoms with E-state index < -0.39 is 0 Å². The molecule has 2 aromatic heterocycles. The fourth-order valence-electron chi connectivity index (χ4n) is 4.61. The smallest absolute Gasteiger partial charge is 0.271 e. The number of aryl methyl sites for hydroxylation is 1. The molecule has 6 heteroatoms. The lowest BCUT2D eigenvalue weighted by Gasteiger charge is -2.31. The molecule has 1 aliphatic carbocycles. The van der Waals surface area contributed by atoms with Crippen LogP contribution in [0, 0.1) is 0 Å². The van der Waals surface area contributed by atoms with Gasteiger partial charge in [0.25, 0.3) is 5.56 Å². The van der Waals surface area contributed by atoms with Gasteiger partial charge in [0.05, 0.1) is 16.3 Å². The highest BCUT2D eigenvalue weighted by Gasteiger charge is 2.33. The number of hydrogen-bond donors (Lipinski definition) is 0. The van der Waals surface area contributed by atoms with Crippen LogP contribution in [-0.4, -0.2) is 9.55 Å². The number of fused-ring (bicyclic) bond motifs is 3. The maximum absolute atomic E-state index is 13.6. The van der Waals surface area contributed by atoms with Gasteiger partial charge in [-0.15, -0.1) is 0 Å². The van der Waals surface area contributed by atoms with E-state index in [1.165, 1.54) is 16.9 Å². The van der Waals surface area contributed by atoms with Gasteiger partial charge >= 0.3 is 0 Å². The molecule has 0 saturated heterocycles. The SMILES string of the molecule is O=c1/c(=C\c2cccnc2)sc2n1[C@H](c1ccccc1Cl)C1=C(N=2)c2ccccc2CC1. The van der Waals surface area contributed by atoms with E-state index in [0.717, 1.165) is 40.8 Å². The van der Waals surface area contributed by atoms with Crippen LogP contribution in [0.25, 0.3) is 11.8 Å². The van der Waals surface area contributed by atoms with Crippen LogP contribution in [0.5, 0.6) is 0 Å². The summed E-state index contributed by atoms with van der Waals surface area (Å²) < 4.78 is 2.46. The van der Waals surface area contributed by atoms with Gasteiger partial charge in [-0.1, -0.05) is 71.5 Å². The van der Waals surface area contributed by atoms with E-state index in [9.17, 15) is 4.79 Å². The minimum absolute atomic E-state index is 0.0482. The van der Waals surface area contributed by atoms with Crippen LogP contribution in [0.4, 0.5) is 0 Å². The molecule has 0 radical (unpaired) electrons. The van der Waals surface area contributed by atoms with Crippen molar-refractivity contribution in [3.63, 3.8) is 0 Å². The monoisotopic (exact) mass is 455 g/mol. The molecule has 0 amide bonds. The Morgan fingerprint density at radius 3 is 2.72 bits per heavy atom. The molecule has 2 aromatic carbocycles. The standard InChI is InChI=1S/C26H18ClN3OS/c27-21-10-4-3-9-19(21)24-20-12-11-17-7-1-2-8-18(17)23(20)29-26-30(24)25(31)22(32-26)14-16-6-5-13-28-15-16/h1-10,13-15,24H,11-12H2/b22-14+/t24-/m1/s1. The molecule has 4 nitrogen and oxygen atoms in total. The van der Waals surface area contributed by atoms with E-state index in [2.05, 4.69) is 23.2 Å². The fourth-order valence-corrected chi connectivity index (χ4v) is 5.85. The molecule has 0 N–H and O–H groups in total. The van der Waals surface area contributed by atoms with Crippen LogP contribution in [-0.2, 0) is 6.42 Å².